The van der Waals surface area contributed by atoms with Crippen LogP contribution in [0.1, 0.15) is 44.2 Å². The molecular formula is C12H21N3. The van der Waals surface area contributed by atoms with E-state index >= 15 is 0 Å². The lowest BCUT2D eigenvalue weighted by atomic mass is 9.79. The Kier molecular flexibility index (Phi) is 3.10. The van der Waals surface area contributed by atoms with Gasteiger partial charge < -0.3 is 5.73 Å². The maximum atomic E-state index is 6.40. The maximum Gasteiger partial charge on any atom is 0.0492 e. The number of rotatable bonds is 3. The van der Waals surface area contributed by atoms with Gasteiger partial charge in [-0.1, -0.05) is 19.3 Å². The largest absolute Gasteiger partial charge is 0.325 e. The van der Waals surface area contributed by atoms with Gasteiger partial charge in [0.05, 0.1) is 0 Å². The SMILES string of the molecule is Cn1nccc1CCC1(N)CCCCC1. The molecule has 0 spiro atoms. The lowest BCUT2D eigenvalue weighted by Crippen LogP contribution is -2.42. The normalized spacial score (nSPS) is 20.4. The molecule has 1 saturated carbocycles. The molecule has 0 amide bonds. The summed E-state index contributed by atoms with van der Waals surface area (Å²) < 4.78 is 1.95. The van der Waals surface area contributed by atoms with Crippen molar-refractivity contribution in [3.05, 3.63) is 18.0 Å². The van der Waals surface area contributed by atoms with Gasteiger partial charge in [-0.15, -0.1) is 0 Å². The van der Waals surface area contributed by atoms with Crippen LogP contribution in [-0.4, -0.2) is 15.3 Å². The molecule has 3 nitrogen and oxygen atoms in total. The summed E-state index contributed by atoms with van der Waals surface area (Å²) >= 11 is 0. The summed E-state index contributed by atoms with van der Waals surface area (Å²) in [7, 11) is 2.00. The monoisotopic (exact) mass is 207 g/mol. The molecule has 1 aromatic rings. The standard InChI is InChI=1S/C12H21N3/c1-15-11(6-10-14-15)5-9-12(13)7-3-2-4-8-12/h6,10H,2-5,7-9,13H2,1H3. The van der Waals surface area contributed by atoms with Crippen LogP contribution in [-0.2, 0) is 13.5 Å². The summed E-state index contributed by atoms with van der Waals surface area (Å²) in [6, 6.07) is 2.09. The number of hydrogen-bond donors (Lipinski definition) is 1. The van der Waals surface area contributed by atoms with Crippen molar-refractivity contribution in [3.63, 3.8) is 0 Å². The first-order valence-electron chi connectivity index (χ1n) is 5.95. The first-order chi connectivity index (χ1) is 7.20. The van der Waals surface area contributed by atoms with Crippen molar-refractivity contribution >= 4 is 0 Å². The minimum Gasteiger partial charge on any atom is -0.325 e. The molecule has 0 bridgehead atoms. The Balaban J connectivity index is 1.89. The van der Waals surface area contributed by atoms with Crippen LogP contribution in [0.25, 0.3) is 0 Å². The minimum absolute atomic E-state index is 0.0997. The van der Waals surface area contributed by atoms with Crippen LogP contribution < -0.4 is 5.73 Å². The summed E-state index contributed by atoms with van der Waals surface area (Å²) in [6.07, 6.45) is 10.4. The van der Waals surface area contributed by atoms with E-state index in [-0.39, 0.29) is 5.54 Å². The molecule has 1 aliphatic carbocycles. The van der Waals surface area contributed by atoms with E-state index in [0.717, 1.165) is 12.8 Å². The van der Waals surface area contributed by atoms with Gasteiger partial charge in [0.25, 0.3) is 0 Å². The topological polar surface area (TPSA) is 43.8 Å². The molecule has 0 radical (unpaired) electrons. The summed E-state index contributed by atoms with van der Waals surface area (Å²) in [6.45, 7) is 0. The fraction of sp³-hybridized carbons (Fsp3) is 0.750. The second-order valence-corrected chi connectivity index (χ2v) is 4.87. The number of hydrogen-bond acceptors (Lipinski definition) is 2. The van der Waals surface area contributed by atoms with E-state index in [1.54, 1.807) is 0 Å². The Morgan fingerprint density at radius 3 is 2.73 bits per heavy atom. The molecule has 0 atom stereocenters. The zero-order valence-electron chi connectivity index (χ0n) is 9.58. The average molecular weight is 207 g/mol. The Bertz CT molecular complexity index is 310. The van der Waals surface area contributed by atoms with E-state index in [4.69, 9.17) is 5.73 Å². The summed E-state index contributed by atoms with van der Waals surface area (Å²) in [5, 5.41) is 4.18. The lowest BCUT2D eigenvalue weighted by Gasteiger charge is -2.33. The zero-order chi connectivity index (χ0) is 10.7. The van der Waals surface area contributed by atoms with Crippen LogP contribution >= 0.6 is 0 Å². The van der Waals surface area contributed by atoms with Gasteiger partial charge in [0, 0.05) is 24.5 Å². The van der Waals surface area contributed by atoms with Crippen LogP contribution in [0.2, 0.25) is 0 Å². The third-order valence-electron chi connectivity index (χ3n) is 3.65. The smallest absolute Gasteiger partial charge is 0.0492 e. The molecule has 84 valence electrons. The molecule has 2 rings (SSSR count). The molecule has 15 heavy (non-hydrogen) atoms. The van der Waals surface area contributed by atoms with Crippen molar-refractivity contribution < 1.29 is 0 Å². The molecule has 1 fully saturated rings. The third kappa shape index (κ3) is 2.59. The van der Waals surface area contributed by atoms with Crippen LogP contribution in [0, 0.1) is 0 Å². The van der Waals surface area contributed by atoms with Gasteiger partial charge in [-0.2, -0.15) is 5.10 Å². The van der Waals surface area contributed by atoms with Crippen molar-refractivity contribution in [3.8, 4) is 0 Å². The van der Waals surface area contributed by atoms with Crippen molar-refractivity contribution in [1.82, 2.24) is 9.78 Å². The molecule has 0 unspecified atom stereocenters. The second-order valence-electron chi connectivity index (χ2n) is 4.87. The van der Waals surface area contributed by atoms with Gasteiger partial charge in [-0.25, -0.2) is 0 Å². The molecule has 1 heterocycles. The molecule has 1 aromatic heterocycles. The van der Waals surface area contributed by atoms with Gasteiger partial charge in [-0.05, 0) is 31.7 Å². The number of nitrogens with zero attached hydrogens (tertiary/aromatic N) is 2. The van der Waals surface area contributed by atoms with Gasteiger partial charge in [-0.3, -0.25) is 4.68 Å². The average Bonchev–Trinajstić information content (AvgIpc) is 2.62. The highest BCUT2D eigenvalue weighted by molar-refractivity contribution is 5.02. The van der Waals surface area contributed by atoms with E-state index in [9.17, 15) is 0 Å². The fourth-order valence-corrected chi connectivity index (χ4v) is 2.53. The van der Waals surface area contributed by atoms with E-state index in [1.807, 2.05) is 17.9 Å². The van der Waals surface area contributed by atoms with Gasteiger partial charge in [0.1, 0.15) is 0 Å². The molecule has 1 aliphatic rings. The molecule has 0 aromatic carbocycles. The summed E-state index contributed by atoms with van der Waals surface area (Å²) in [5.74, 6) is 0. The maximum absolute atomic E-state index is 6.40. The van der Waals surface area contributed by atoms with E-state index in [2.05, 4.69) is 11.2 Å². The van der Waals surface area contributed by atoms with E-state index < -0.39 is 0 Å². The highest BCUT2D eigenvalue weighted by Crippen LogP contribution is 2.29. The quantitative estimate of drug-likeness (QED) is 0.824. The van der Waals surface area contributed by atoms with Gasteiger partial charge in [0.2, 0.25) is 0 Å². The lowest BCUT2D eigenvalue weighted by molar-refractivity contribution is 0.276. The van der Waals surface area contributed by atoms with E-state index in [0.29, 0.717) is 0 Å². The van der Waals surface area contributed by atoms with Crippen molar-refractivity contribution in [2.45, 2.75) is 50.5 Å². The predicted octanol–water partition coefficient (Wildman–Crippen LogP) is 2.01. The second kappa shape index (κ2) is 4.35. The number of aryl methyl sites for hydroxylation is 2. The molecule has 3 heteroatoms. The Morgan fingerprint density at radius 2 is 2.13 bits per heavy atom. The summed E-state index contributed by atoms with van der Waals surface area (Å²) in [5.41, 5.74) is 7.79. The molecule has 2 N–H and O–H groups in total. The van der Waals surface area contributed by atoms with Crippen LogP contribution in [0.5, 0.6) is 0 Å². The first-order valence-corrected chi connectivity index (χ1v) is 5.95. The van der Waals surface area contributed by atoms with E-state index in [1.165, 1.54) is 37.8 Å². The first kappa shape index (κ1) is 10.7. The predicted molar refractivity (Wildman–Crippen MR) is 61.5 cm³/mol. The minimum atomic E-state index is 0.0997. The highest BCUT2D eigenvalue weighted by atomic mass is 15.2. The van der Waals surface area contributed by atoms with Crippen molar-refractivity contribution in [2.75, 3.05) is 0 Å². The van der Waals surface area contributed by atoms with Crippen LogP contribution in [0.15, 0.2) is 12.3 Å². The van der Waals surface area contributed by atoms with Gasteiger partial charge in [0.15, 0.2) is 0 Å². The fourth-order valence-electron chi connectivity index (χ4n) is 2.53. The molecule has 0 saturated heterocycles. The van der Waals surface area contributed by atoms with Gasteiger partial charge >= 0.3 is 0 Å². The Hall–Kier alpha value is -0.830. The molecular weight excluding hydrogens is 186 g/mol. The Morgan fingerprint density at radius 1 is 1.40 bits per heavy atom. The van der Waals surface area contributed by atoms with Crippen molar-refractivity contribution in [1.29, 1.82) is 0 Å². The summed E-state index contributed by atoms with van der Waals surface area (Å²) in [4.78, 5) is 0. The zero-order valence-corrected chi connectivity index (χ0v) is 9.58. The van der Waals surface area contributed by atoms with Crippen LogP contribution in [0.4, 0.5) is 0 Å². The third-order valence-corrected chi connectivity index (χ3v) is 3.65. The highest BCUT2D eigenvalue weighted by Gasteiger charge is 2.26. The van der Waals surface area contributed by atoms with Crippen molar-refractivity contribution in [2.24, 2.45) is 12.8 Å². The Labute approximate surface area is 91.7 Å². The number of nitrogens with two attached hydrogens (primary N) is 1. The number of aromatic nitrogens is 2. The van der Waals surface area contributed by atoms with Crippen LogP contribution in [0.3, 0.4) is 0 Å². The molecule has 0 aliphatic heterocycles.